The van der Waals surface area contributed by atoms with Crippen molar-refractivity contribution in [1.82, 2.24) is 31.1 Å². The second kappa shape index (κ2) is 45.6. The van der Waals surface area contributed by atoms with Crippen LogP contribution in [-0.2, 0) is 91.8 Å². The van der Waals surface area contributed by atoms with Crippen molar-refractivity contribution in [3.05, 3.63) is 0 Å². The number of ether oxygens (including phenoxy) is 4. The standard InChI is InChI=1S/C61H108N6O26P2S2/c1-39(70)64-53-57(80)55(78)48(35-68)91-60(53)87-27-15-11-21-45(73)30-41(18-10-14-25-62-50(75)22-12-16-28-88-61-54(65-40(2)71)58(81)56(79)49(36-69)92-61)59(82)63-26-13-6-8-20-44(72)19-7-4-5-9-23-51(76)66-33-46(74)31-42(66)37-89-94(83,84)93-47-32-43(38-90-95(85,97)86-3)67(34-47)52(77)24-17-29-96/h41-43,46-49,53-58,60-61,68-69,74,78-81,96H,4-38H2,1-3H3,(H,62,75)(H,63,82)(H,64,70)(H,65,71)(H,83,84)(H,85,97)/t41-,42+,43+,46-,47?,48?,49?,53+,54?,55+,56?,57-,58-,60?,61-,95?/m1/s1. The van der Waals surface area contributed by atoms with Gasteiger partial charge in [-0.05, 0) is 101 Å². The Labute approximate surface area is 578 Å². The van der Waals surface area contributed by atoms with Gasteiger partial charge >= 0.3 is 14.5 Å². The van der Waals surface area contributed by atoms with E-state index in [1.165, 1.54) is 30.8 Å². The number of amides is 6. The third-order valence-electron chi connectivity index (χ3n) is 17.2. The first-order chi connectivity index (χ1) is 46.1. The van der Waals surface area contributed by atoms with Gasteiger partial charge in [0.25, 0.3) is 0 Å². The normalized spacial score (nSPS) is 27.4. The molecule has 32 nitrogen and oxygen atoms in total. The van der Waals surface area contributed by atoms with Crippen LogP contribution in [0, 0.1) is 5.92 Å². The predicted molar refractivity (Wildman–Crippen MR) is 354 cm³/mol. The van der Waals surface area contributed by atoms with Crippen LogP contribution in [0.25, 0.3) is 0 Å². The van der Waals surface area contributed by atoms with Gasteiger partial charge in [-0.1, -0.05) is 25.7 Å². The molecule has 0 aromatic rings. The number of unbranched alkanes of at least 4 members (excludes halogenated alkanes) is 8. The lowest BCUT2D eigenvalue weighted by molar-refractivity contribution is -0.270. The maximum Gasteiger partial charge on any atom is 0.472 e. The average Bonchev–Trinajstić information content (AvgIpc) is 1.83. The number of nitrogens with zero attached hydrogens (tertiary/aromatic N) is 2. The fraction of sp³-hybridized carbons (Fsp3) is 0.869. The highest BCUT2D eigenvalue weighted by atomic mass is 32.5. The summed E-state index contributed by atoms with van der Waals surface area (Å²) >= 11 is 9.07. The van der Waals surface area contributed by atoms with E-state index < -0.39 is 131 Å². The van der Waals surface area contributed by atoms with Crippen molar-refractivity contribution in [3.8, 4) is 0 Å². The molecule has 0 aliphatic carbocycles. The zero-order valence-electron chi connectivity index (χ0n) is 56.0. The number of ketones is 2. The number of likely N-dealkylation sites (tertiary alicyclic amines) is 2. The second-order valence-corrected chi connectivity index (χ2v) is 30.0. The van der Waals surface area contributed by atoms with Crippen LogP contribution in [0.3, 0.4) is 0 Å². The minimum absolute atomic E-state index is 0.0210. The van der Waals surface area contributed by atoms with Gasteiger partial charge in [0.2, 0.25) is 35.4 Å². The lowest BCUT2D eigenvalue weighted by Crippen LogP contribution is -2.64. The number of hydrogen-bond acceptors (Lipinski definition) is 26. The summed E-state index contributed by atoms with van der Waals surface area (Å²) in [6, 6.07) is -3.54. The molecule has 36 heteroatoms. The van der Waals surface area contributed by atoms with E-state index in [4.69, 9.17) is 48.8 Å². The number of β-amino-alcohol motifs (C(OH)–C–C–N with tert-alkyl or cyclic N) is 1. The van der Waals surface area contributed by atoms with Gasteiger partial charge in [-0.15, -0.1) is 0 Å². The van der Waals surface area contributed by atoms with Crippen LogP contribution in [-0.4, -0.2) is 267 Å². The summed E-state index contributed by atoms with van der Waals surface area (Å²) in [7, 11) is -3.53. The summed E-state index contributed by atoms with van der Waals surface area (Å²) in [5, 5.41) is 82.0. The lowest BCUT2D eigenvalue weighted by atomic mass is 9.93. The Hall–Kier alpha value is -3.29. The zero-order chi connectivity index (χ0) is 71.7. The summed E-state index contributed by atoms with van der Waals surface area (Å²) in [5.41, 5.74) is 0. The zero-order valence-corrected chi connectivity index (χ0v) is 59.5. The lowest BCUT2D eigenvalue weighted by Gasteiger charge is -2.42. The SMILES string of the molecule is COP(O)(=S)OC[C@@H]1CC(OP(=O)(O)OC[C@@H]2C[C@@H](O)CN2C(=O)CCCCCCC(=O)CCCCCNC(=O)[C@H](CCCCNC(=O)CCCCO[C@@H]2OC(CO)C(O)[C@H](O)C2NC(C)=O)CC(=O)CCCCOC2OC(CO)[C@H](O)[C@H](O)[C@@H]2NC(C)=O)CN1C(=O)CCCS. The van der Waals surface area contributed by atoms with E-state index in [0.717, 1.165) is 0 Å². The van der Waals surface area contributed by atoms with Crippen molar-refractivity contribution in [2.45, 2.75) is 254 Å². The molecule has 4 rings (SSSR count). The summed E-state index contributed by atoms with van der Waals surface area (Å²) in [5.74, 6) is -2.31. The molecule has 8 unspecified atom stereocenters. The number of phosphoric ester groups is 1. The van der Waals surface area contributed by atoms with Crippen molar-refractivity contribution in [1.29, 1.82) is 0 Å². The smallest absolute Gasteiger partial charge is 0.394 e. The van der Waals surface area contributed by atoms with Crippen LogP contribution < -0.4 is 21.3 Å². The maximum absolute atomic E-state index is 13.6. The van der Waals surface area contributed by atoms with Crippen LogP contribution in [0.5, 0.6) is 0 Å². The minimum Gasteiger partial charge on any atom is -0.394 e. The van der Waals surface area contributed by atoms with E-state index in [0.29, 0.717) is 128 Å². The highest BCUT2D eigenvalue weighted by molar-refractivity contribution is 8.07. The summed E-state index contributed by atoms with van der Waals surface area (Å²) in [6.45, 7) is -2.14. The molecule has 4 fully saturated rings. The molecule has 0 radical (unpaired) electrons. The van der Waals surface area contributed by atoms with E-state index in [-0.39, 0.29) is 120 Å². The van der Waals surface area contributed by atoms with Crippen LogP contribution in [0.2, 0.25) is 0 Å². The topological polar surface area (TPSA) is 464 Å². The van der Waals surface area contributed by atoms with Gasteiger partial charge in [0.15, 0.2) is 12.6 Å². The van der Waals surface area contributed by atoms with Gasteiger partial charge in [-0.2, -0.15) is 12.6 Å². The fourth-order valence-electron chi connectivity index (χ4n) is 11.9. The van der Waals surface area contributed by atoms with Crippen molar-refractivity contribution in [3.63, 3.8) is 0 Å². The van der Waals surface area contributed by atoms with E-state index in [1.54, 1.807) is 0 Å². The van der Waals surface area contributed by atoms with Crippen molar-refractivity contribution < 1.29 is 125 Å². The largest absolute Gasteiger partial charge is 0.472 e. The van der Waals surface area contributed by atoms with E-state index in [2.05, 4.69) is 33.9 Å². The number of aliphatic hydroxyl groups excluding tert-OH is 7. The Morgan fingerprint density at radius 2 is 1.08 bits per heavy atom. The van der Waals surface area contributed by atoms with Crippen LogP contribution in [0.1, 0.15) is 168 Å². The number of phosphoric acid groups is 1. The molecule has 4 heterocycles. The highest BCUT2D eigenvalue weighted by Gasteiger charge is 2.47. The molecule has 97 heavy (non-hydrogen) atoms. The number of Topliss-reactive ketones (excluding diaryl/α,β-unsaturated/α-hetero) is 2. The summed E-state index contributed by atoms with van der Waals surface area (Å²) < 4.78 is 56.8. The molecule has 4 saturated heterocycles. The Morgan fingerprint density at radius 3 is 1.64 bits per heavy atom. The predicted octanol–water partition coefficient (Wildman–Crippen LogP) is 0.351. The Morgan fingerprint density at radius 1 is 0.598 bits per heavy atom. The molecule has 0 aromatic heterocycles. The molecule has 4 aliphatic rings. The molecule has 13 N–H and O–H groups in total. The van der Waals surface area contributed by atoms with Crippen molar-refractivity contribution >= 4 is 86.0 Å². The maximum atomic E-state index is 13.6. The molecule has 0 spiro atoms. The quantitative estimate of drug-likeness (QED) is 0.0222. The highest BCUT2D eigenvalue weighted by Crippen LogP contribution is 2.48. The van der Waals surface area contributed by atoms with Crippen molar-refractivity contribution in [2.75, 3.05) is 78.7 Å². The fourth-order valence-corrected chi connectivity index (χ4v) is 13.7. The monoisotopic (exact) mass is 1470 g/mol. The number of hydrogen-bond donors (Lipinski definition) is 14. The molecule has 4 aliphatic heterocycles. The molecule has 0 aromatic carbocycles. The van der Waals surface area contributed by atoms with Crippen molar-refractivity contribution in [2.24, 2.45) is 5.92 Å². The van der Waals surface area contributed by atoms with E-state index >= 15 is 0 Å². The van der Waals surface area contributed by atoms with Crippen LogP contribution in [0.4, 0.5) is 0 Å². The summed E-state index contributed by atoms with van der Waals surface area (Å²) in [4.78, 5) is 126. The number of aliphatic hydroxyl groups is 7. The molecular formula is C61H108N6O26P2S2. The van der Waals surface area contributed by atoms with Gasteiger partial charge in [0.1, 0.15) is 60.3 Å². The molecule has 6 amide bonds. The third-order valence-corrected chi connectivity index (χ3v) is 20.3. The van der Waals surface area contributed by atoms with E-state index in [1.807, 2.05) is 0 Å². The Bertz CT molecular complexity index is 2540. The molecule has 560 valence electrons. The van der Waals surface area contributed by atoms with Crippen LogP contribution in [0.15, 0.2) is 0 Å². The first-order valence-corrected chi connectivity index (χ1v) is 38.5. The number of nitrogens with one attached hydrogen (secondary N) is 4. The van der Waals surface area contributed by atoms with Gasteiger partial charge in [0.05, 0.1) is 50.7 Å². The minimum atomic E-state index is -4.73. The average molecular weight is 1470 g/mol. The number of carbonyl (C=O) groups is 8. The number of rotatable bonds is 49. The summed E-state index contributed by atoms with van der Waals surface area (Å²) in [6.07, 6.45) is -3.02. The van der Waals surface area contributed by atoms with Crippen LogP contribution >= 0.6 is 27.2 Å². The molecule has 17 atom stereocenters. The van der Waals surface area contributed by atoms with Gasteiger partial charge in [0, 0.05) is 111 Å². The van der Waals surface area contributed by atoms with E-state index in [9.17, 15) is 88.5 Å². The van der Waals surface area contributed by atoms with Gasteiger partial charge in [-0.3, -0.25) is 47.4 Å². The second-order valence-electron chi connectivity index (χ2n) is 25.2. The number of carbonyl (C=O) groups excluding carboxylic acids is 8. The first kappa shape index (κ1) is 86.1. The third kappa shape index (κ3) is 31.9. The van der Waals surface area contributed by atoms with Gasteiger partial charge in [-0.25, -0.2) is 4.57 Å². The van der Waals surface area contributed by atoms with Gasteiger partial charge < -0.3 is 105 Å². The number of thiol groups is 1. The molecule has 0 bridgehead atoms. The first-order valence-electron chi connectivity index (χ1n) is 33.8. The molecular weight excluding hydrogens is 1360 g/mol. The Kier molecular flexibility index (Phi) is 40.5. The molecule has 0 saturated carbocycles. The Balaban J connectivity index is 1.14.